The number of anilines is 1. The molecule has 7 nitrogen and oxygen atoms in total. The molecule has 0 spiro atoms. The Balaban J connectivity index is 2.06. The third kappa shape index (κ3) is 7.76. The fraction of sp³-hybridized carbons (Fsp3) is 0.833. The predicted molar refractivity (Wildman–Crippen MR) is 72.1 cm³/mol. The van der Waals surface area contributed by atoms with E-state index >= 15 is 0 Å². The maximum Gasteiger partial charge on any atom is 0.315 e. The molecule has 0 aliphatic carbocycles. The van der Waals surface area contributed by atoms with Gasteiger partial charge in [-0.3, -0.25) is 0 Å². The molecule has 0 unspecified atom stereocenters. The largest absolute Gasteiger partial charge is 0.407 e. The molecule has 1 heterocycles. The standard InChI is InChI=1S/C12H24N4O3/c1-3-7-18-8-4-5-14-12-16-15-11(19-12)10-13-6-9-17-2/h13H,3-10H2,1-2H3,(H,14,16). The van der Waals surface area contributed by atoms with E-state index in [1.807, 2.05) is 0 Å². The summed E-state index contributed by atoms with van der Waals surface area (Å²) in [7, 11) is 1.67. The van der Waals surface area contributed by atoms with E-state index in [0.29, 0.717) is 25.1 Å². The Labute approximate surface area is 114 Å². The Morgan fingerprint density at radius 1 is 1.16 bits per heavy atom. The lowest BCUT2D eigenvalue weighted by molar-refractivity contribution is 0.134. The summed E-state index contributed by atoms with van der Waals surface area (Å²) in [5, 5.41) is 14.0. The van der Waals surface area contributed by atoms with Gasteiger partial charge in [-0.1, -0.05) is 12.0 Å². The van der Waals surface area contributed by atoms with Crippen LogP contribution in [0.3, 0.4) is 0 Å². The van der Waals surface area contributed by atoms with Gasteiger partial charge in [0.1, 0.15) is 0 Å². The van der Waals surface area contributed by atoms with Gasteiger partial charge in [-0.15, -0.1) is 5.10 Å². The van der Waals surface area contributed by atoms with Gasteiger partial charge in [0.05, 0.1) is 13.2 Å². The molecule has 7 heteroatoms. The van der Waals surface area contributed by atoms with E-state index in [-0.39, 0.29) is 0 Å². The number of nitrogens with zero attached hydrogens (tertiary/aromatic N) is 2. The third-order valence-electron chi connectivity index (χ3n) is 2.32. The number of methoxy groups -OCH3 is 1. The first kappa shape index (κ1) is 15.9. The Hall–Kier alpha value is -1.18. The van der Waals surface area contributed by atoms with Crippen LogP contribution in [-0.2, 0) is 16.0 Å². The highest BCUT2D eigenvalue weighted by atomic mass is 16.5. The minimum Gasteiger partial charge on any atom is -0.407 e. The molecular weight excluding hydrogens is 248 g/mol. The number of nitrogens with one attached hydrogen (secondary N) is 2. The van der Waals surface area contributed by atoms with E-state index in [9.17, 15) is 0 Å². The molecule has 0 aliphatic heterocycles. The predicted octanol–water partition coefficient (Wildman–Crippen LogP) is 1.03. The third-order valence-corrected chi connectivity index (χ3v) is 2.32. The van der Waals surface area contributed by atoms with Gasteiger partial charge in [-0.2, -0.15) is 0 Å². The topological polar surface area (TPSA) is 81.4 Å². The zero-order valence-electron chi connectivity index (χ0n) is 11.8. The number of hydrogen-bond donors (Lipinski definition) is 2. The van der Waals surface area contributed by atoms with Crippen molar-refractivity contribution in [1.29, 1.82) is 0 Å². The van der Waals surface area contributed by atoms with E-state index in [0.717, 1.165) is 39.1 Å². The summed E-state index contributed by atoms with van der Waals surface area (Å²) in [5.74, 6) is 0.570. The maximum absolute atomic E-state index is 5.41. The van der Waals surface area contributed by atoms with Crippen molar-refractivity contribution < 1.29 is 13.9 Å². The first-order valence-electron chi connectivity index (χ1n) is 6.70. The second-order valence-corrected chi connectivity index (χ2v) is 4.06. The Bertz CT molecular complexity index is 320. The highest BCUT2D eigenvalue weighted by molar-refractivity contribution is 5.16. The number of ether oxygens (including phenoxy) is 2. The second-order valence-electron chi connectivity index (χ2n) is 4.06. The highest BCUT2D eigenvalue weighted by Crippen LogP contribution is 2.04. The molecule has 0 saturated heterocycles. The summed E-state index contributed by atoms with van der Waals surface area (Å²) >= 11 is 0. The molecule has 1 rings (SSSR count). The van der Waals surface area contributed by atoms with E-state index in [2.05, 4.69) is 27.8 Å². The van der Waals surface area contributed by atoms with Crippen molar-refractivity contribution >= 4 is 6.01 Å². The van der Waals surface area contributed by atoms with Crippen LogP contribution in [0, 0.1) is 0 Å². The molecular formula is C12H24N4O3. The van der Waals surface area contributed by atoms with Gasteiger partial charge >= 0.3 is 6.01 Å². The minimum atomic E-state index is 0.457. The molecule has 0 fully saturated rings. The quantitative estimate of drug-likeness (QED) is 0.550. The smallest absolute Gasteiger partial charge is 0.315 e. The van der Waals surface area contributed by atoms with E-state index in [1.165, 1.54) is 0 Å². The van der Waals surface area contributed by atoms with Gasteiger partial charge in [0.2, 0.25) is 5.89 Å². The SMILES string of the molecule is CCCOCCCNc1nnc(CNCCOC)o1. The normalized spacial score (nSPS) is 10.8. The fourth-order valence-electron chi connectivity index (χ4n) is 1.38. The summed E-state index contributed by atoms with van der Waals surface area (Å²) in [6, 6.07) is 0.457. The average Bonchev–Trinajstić information content (AvgIpc) is 2.87. The molecule has 0 aromatic carbocycles. The lowest BCUT2D eigenvalue weighted by atomic mass is 10.4. The Morgan fingerprint density at radius 3 is 2.84 bits per heavy atom. The Morgan fingerprint density at radius 2 is 2.05 bits per heavy atom. The van der Waals surface area contributed by atoms with E-state index < -0.39 is 0 Å². The van der Waals surface area contributed by atoms with Crippen LogP contribution in [-0.4, -0.2) is 50.2 Å². The van der Waals surface area contributed by atoms with Crippen molar-refractivity contribution in [3.8, 4) is 0 Å². The van der Waals surface area contributed by atoms with Gasteiger partial charge < -0.3 is 24.5 Å². The first-order valence-corrected chi connectivity index (χ1v) is 6.70. The number of hydrogen-bond acceptors (Lipinski definition) is 7. The number of rotatable bonds is 12. The fourth-order valence-corrected chi connectivity index (χ4v) is 1.38. The zero-order valence-corrected chi connectivity index (χ0v) is 11.8. The number of aromatic nitrogens is 2. The lowest BCUT2D eigenvalue weighted by Crippen LogP contribution is -2.18. The van der Waals surface area contributed by atoms with Crippen LogP contribution in [0.5, 0.6) is 0 Å². The maximum atomic E-state index is 5.41. The molecule has 110 valence electrons. The molecule has 1 aromatic heterocycles. The van der Waals surface area contributed by atoms with Crippen LogP contribution in [0.15, 0.2) is 4.42 Å². The van der Waals surface area contributed by atoms with Gasteiger partial charge in [0.15, 0.2) is 0 Å². The van der Waals surface area contributed by atoms with Crippen molar-refractivity contribution in [1.82, 2.24) is 15.5 Å². The van der Waals surface area contributed by atoms with Gasteiger partial charge in [0.25, 0.3) is 0 Å². The molecule has 2 N–H and O–H groups in total. The van der Waals surface area contributed by atoms with Crippen molar-refractivity contribution in [2.45, 2.75) is 26.3 Å². The van der Waals surface area contributed by atoms with Crippen LogP contribution >= 0.6 is 0 Å². The van der Waals surface area contributed by atoms with Crippen molar-refractivity contribution in [2.75, 3.05) is 45.3 Å². The van der Waals surface area contributed by atoms with Crippen molar-refractivity contribution in [3.05, 3.63) is 5.89 Å². The van der Waals surface area contributed by atoms with E-state index in [4.69, 9.17) is 13.9 Å². The summed E-state index contributed by atoms with van der Waals surface area (Å²) in [6.45, 7) is 6.41. The molecule has 19 heavy (non-hydrogen) atoms. The van der Waals surface area contributed by atoms with Crippen molar-refractivity contribution in [3.63, 3.8) is 0 Å². The van der Waals surface area contributed by atoms with Gasteiger partial charge in [-0.05, 0) is 12.8 Å². The Kier molecular flexibility index (Phi) is 8.95. The van der Waals surface area contributed by atoms with E-state index in [1.54, 1.807) is 7.11 Å². The first-order chi connectivity index (χ1) is 9.36. The van der Waals surface area contributed by atoms with Crippen LogP contribution < -0.4 is 10.6 Å². The molecule has 1 aromatic rings. The van der Waals surface area contributed by atoms with Crippen LogP contribution in [0.4, 0.5) is 6.01 Å². The van der Waals surface area contributed by atoms with Crippen molar-refractivity contribution in [2.24, 2.45) is 0 Å². The summed E-state index contributed by atoms with van der Waals surface area (Å²) in [6.07, 6.45) is 1.97. The monoisotopic (exact) mass is 272 g/mol. The average molecular weight is 272 g/mol. The molecule has 0 radical (unpaired) electrons. The molecule has 0 bridgehead atoms. The van der Waals surface area contributed by atoms with Crippen LogP contribution in [0.2, 0.25) is 0 Å². The lowest BCUT2D eigenvalue weighted by Gasteiger charge is -2.02. The van der Waals surface area contributed by atoms with Crippen LogP contribution in [0.25, 0.3) is 0 Å². The van der Waals surface area contributed by atoms with Crippen LogP contribution in [0.1, 0.15) is 25.7 Å². The molecule has 0 saturated carbocycles. The minimum absolute atomic E-state index is 0.457. The summed E-state index contributed by atoms with van der Waals surface area (Å²) in [4.78, 5) is 0. The summed E-state index contributed by atoms with van der Waals surface area (Å²) in [5.41, 5.74) is 0. The van der Waals surface area contributed by atoms with Gasteiger partial charge in [-0.25, -0.2) is 0 Å². The molecule has 0 aliphatic rings. The second kappa shape index (κ2) is 10.7. The zero-order chi connectivity index (χ0) is 13.8. The summed E-state index contributed by atoms with van der Waals surface area (Å²) < 4.78 is 15.7. The molecule has 0 atom stereocenters. The highest BCUT2D eigenvalue weighted by Gasteiger charge is 2.04. The molecule has 0 amide bonds. The van der Waals surface area contributed by atoms with Gasteiger partial charge in [0, 0.05) is 33.4 Å².